The van der Waals surface area contributed by atoms with E-state index in [4.69, 9.17) is 27.6 Å². The summed E-state index contributed by atoms with van der Waals surface area (Å²) in [4.78, 5) is 12.4. The van der Waals surface area contributed by atoms with Crippen molar-refractivity contribution in [3.8, 4) is 0 Å². The lowest BCUT2D eigenvalue weighted by Crippen LogP contribution is -2.35. The highest BCUT2D eigenvalue weighted by molar-refractivity contribution is 6.42. The minimum Gasteiger partial charge on any atom is -0.467 e. The van der Waals surface area contributed by atoms with Gasteiger partial charge in [0.1, 0.15) is 11.6 Å². The number of nitrogens with zero attached hydrogens (tertiary/aromatic N) is 2. The van der Waals surface area contributed by atoms with E-state index in [-0.39, 0.29) is 29.5 Å². The SMILES string of the molecule is O=C(NCc1ccco1)c1cc2n(n1)[C@H](C(F)(F)F)C[C@@H](c1ccc(Cl)c(Cl)c1)N2. The fraction of sp³-hybridized carbons (Fsp3) is 0.263. The number of carbonyl (C=O) groups is 1. The number of nitrogens with one attached hydrogen (secondary N) is 2. The van der Waals surface area contributed by atoms with Crippen molar-refractivity contribution in [1.82, 2.24) is 15.1 Å². The van der Waals surface area contributed by atoms with Crippen molar-refractivity contribution < 1.29 is 22.4 Å². The molecule has 1 aromatic carbocycles. The van der Waals surface area contributed by atoms with Gasteiger partial charge < -0.3 is 15.1 Å². The van der Waals surface area contributed by atoms with Crippen LogP contribution in [0, 0.1) is 0 Å². The quantitative estimate of drug-likeness (QED) is 0.550. The molecule has 3 heterocycles. The third kappa shape index (κ3) is 4.13. The molecule has 0 unspecified atom stereocenters. The first kappa shape index (κ1) is 20.6. The van der Waals surface area contributed by atoms with Crippen LogP contribution in [0.15, 0.2) is 47.1 Å². The zero-order valence-electron chi connectivity index (χ0n) is 15.2. The van der Waals surface area contributed by atoms with E-state index in [1.54, 1.807) is 18.2 Å². The number of anilines is 1. The first-order valence-electron chi connectivity index (χ1n) is 8.90. The molecule has 0 spiro atoms. The summed E-state index contributed by atoms with van der Waals surface area (Å²) in [5.41, 5.74) is 0.419. The lowest BCUT2D eigenvalue weighted by atomic mass is 9.97. The predicted octanol–water partition coefficient (Wildman–Crippen LogP) is 5.37. The summed E-state index contributed by atoms with van der Waals surface area (Å²) >= 11 is 11.9. The number of alkyl halides is 3. The van der Waals surface area contributed by atoms with Gasteiger partial charge in [-0.3, -0.25) is 4.79 Å². The van der Waals surface area contributed by atoms with E-state index < -0.39 is 24.2 Å². The molecule has 0 fully saturated rings. The summed E-state index contributed by atoms with van der Waals surface area (Å²) in [5, 5.41) is 10.0. The van der Waals surface area contributed by atoms with E-state index in [0.29, 0.717) is 16.3 Å². The first-order chi connectivity index (χ1) is 14.2. The normalized spacial score (nSPS) is 18.6. The molecule has 1 amide bonds. The maximum absolute atomic E-state index is 13.7. The molecule has 1 aliphatic rings. The molecule has 4 rings (SSSR count). The van der Waals surface area contributed by atoms with Gasteiger partial charge in [-0.2, -0.15) is 18.3 Å². The van der Waals surface area contributed by atoms with Crippen molar-refractivity contribution >= 4 is 34.9 Å². The van der Waals surface area contributed by atoms with Crippen molar-refractivity contribution in [2.24, 2.45) is 0 Å². The van der Waals surface area contributed by atoms with Crippen LogP contribution >= 0.6 is 23.2 Å². The van der Waals surface area contributed by atoms with E-state index in [0.717, 1.165) is 4.68 Å². The standard InChI is InChI=1S/C19H15Cl2F3N4O2/c20-12-4-3-10(6-13(12)21)14-7-16(19(22,23)24)28-17(26-14)8-15(27-28)18(29)25-9-11-2-1-5-30-11/h1-6,8,14,16,26H,7,9H2,(H,25,29)/t14-,16-/m0/s1. The number of hydrogen-bond acceptors (Lipinski definition) is 4. The number of carbonyl (C=O) groups excluding carboxylic acids is 1. The smallest absolute Gasteiger partial charge is 0.410 e. The predicted molar refractivity (Wildman–Crippen MR) is 105 cm³/mol. The van der Waals surface area contributed by atoms with Gasteiger partial charge in [0, 0.05) is 12.5 Å². The van der Waals surface area contributed by atoms with Crippen LogP contribution in [0.3, 0.4) is 0 Å². The Morgan fingerprint density at radius 1 is 1.27 bits per heavy atom. The van der Waals surface area contributed by atoms with Gasteiger partial charge in [0.05, 0.1) is 28.9 Å². The van der Waals surface area contributed by atoms with Gasteiger partial charge in [-0.25, -0.2) is 4.68 Å². The van der Waals surface area contributed by atoms with Crippen LogP contribution in [-0.4, -0.2) is 21.9 Å². The molecule has 0 saturated carbocycles. The highest BCUT2D eigenvalue weighted by Gasteiger charge is 2.46. The molecule has 0 aliphatic carbocycles. The largest absolute Gasteiger partial charge is 0.467 e. The Labute approximate surface area is 178 Å². The summed E-state index contributed by atoms with van der Waals surface area (Å²) in [6.07, 6.45) is -3.42. The summed E-state index contributed by atoms with van der Waals surface area (Å²) in [6, 6.07) is 6.71. The minimum absolute atomic E-state index is 0.0859. The molecular weight excluding hydrogens is 444 g/mol. The van der Waals surface area contributed by atoms with Gasteiger partial charge in [-0.05, 0) is 29.8 Å². The Morgan fingerprint density at radius 2 is 2.07 bits per heavy atom. The number of halogens is 5. The van der Waals surface area contributed by atoms with Crippen LogP contribution in [-0.2, 0) is 6.54 Å². The van der Waals surface area contributed by atoms with Crippen molar-refractivity contribution in [3.05, 3.63) is 69.7 Å². The number of hydrogen-bond donors (Lipinski definition) is 2. The average molecular weight is 459 g/mol. The highest BCUT2D eigenvalue weighted by Crippen LogP contribution is 2.44. The minimum atomic E-state index is -4.56. The molecular formula is C19H15Cl2F3N4O2. The van der Waals surface area contributed by atoms with E-state index in [9.17, 15) is 18.0 Å². The van der Waals surface area contributed by atoms with Gasteiger partial charge in [-0.1, -0.05) is 29.3 Å². The average Bonchev–Trinajstić information content (AvgIpc) is 3.36. The summed E-state index contributed by atoms with van der Waals surface area (Å²) in [6.45, 7) is 0.0933. The third-order valence-corrected chi connectivity index (χ3v) is 5.51. The zero-order chi connectivity index (χ0) is 21.5. The van der Waals surface area contributed by atoms with Crippen molar-refractivity contribution in [2.45, 2.75) is 31.2 Å². The van der Waals surface area contributed by atoms with Crippen molar-refractivity contribution in [1.29, 1.82) is 0 Å². The van der Waals surface area contributed by atoms with Gasteiger partial charge in [-0.15, -0.1) is 0 Å². The molecule has 11 heteroatoms. The maximum atomic E-state index is 13.7. The fourth-order valence-electron chi connectivity index (χ4n) is 3.30. The van der Waals surface area contributed by atoms with Crippen LogP contribution in [0.5, 0.6) is 0 Å². The lowest BCUT2D eigenvalue weighted by Gasteiger charge is -2.33. The number of furan rings is 1. The molecule has 0 radical (unpaired) electrons. The maximum Gasteiger partial charge on any atom is 0.410 e. The summed E-state index contributed by atoms with van der Waals surface area (Å²) in [7, 11) is 0. The molecule has 30 heavy (non-hydrogen) atoms. The second-order valence-electron chi connectivity index (χ2n) is 6.79. The van der Waals surface area contributed by atoms with Crippen molar-refractivity contribution in [2.75, 3.05) is 5.32 Å². The number of aromatic nitrogens is 2. The topological polar surface area (TPSA) is 72.1 Å². The van der Waals surface area contributed by atoms with Crippen molar-refractivity contribution in [3.63, 3.8) is 0 Å². The Hall–Kier alpha value is -2.65. The van der Waals surface area contributed by atoms with Crippen LogP contribution in [0.2, 0.25) is 10.0 Å². The molecule has 1 aliphatic heterocycles. The van der Waals surface area contributed by atoms with E-state index in [1.165, 1.54) is 24.5 Å². The number of benzene rings is 1. The lowest BCUT2D eigenvalue weighted by molar-refractivity contribution is -0.173. The number of amides is 1. The fourth-order valence-corrected chi connectivity index (χ4v) is 3.61. The van der Waals surface area contributed by atoms with E-state index in [2.05, 4.69) is 15.7 Å². The van der Waals surface area contributed by atoms with Crippen LogP contribution in [0.1, 0.15) is 40.3 Å². The molecule has 2 aromatic heterocycles. The Kier molecular flexibility index (Phi) is 5.42. The third-order valence-electron chi connectivity index (χ3n) is 4.77. The van der Waals surface area contributed by atoms with Crippen LogP contribution in [0.4, 0.5) is 19.0 Å². The molecule has 2 atom stereocenters. The Bertz CT molecular complexity index is 1070. The molecule has 0 saturated heterocycles. The van der Waals surface area contributed by atoms with Crippen LogP contribution < -0.4 is 10.6 Å². The van der Waals surface area contributed by atoms with E-state index in [1.807, 2.05) is 0 Å². The number of rotatable bonds is 4. The van der Waals surface area contributed by atoms with Gasteiger partial charge in [0.15, 0.2) is 11.7 Å². The molecule has 3 aromatic rings. The zero-order valence-corrected chi connectivity index (χ0v) is 16.7. The molecule has 2 N–H and O–H groups in total. The Morgan fingerprint density at radius 3 is 2.73 bits per heavy atom. The second-order valence-corrected chi connectivity index (χ2v) is 7.60. The summed E-state index contributed by atoms with van der Waals surface area (Å²) in [5.74, 6) is -0.0109. The highest BCUT2D eigenvalue weighted by atomic mass is 35.5. The monoisotopic (exact) mass is 458 g/mol. The Balaban J connectivity index is 1.61. The number of fused-ring (bicyclic) bond motifs is 1. The van der Waals surface area contributed by atoms with Gasteiger partial charge in [0.2, 0.25) is 0 Å². The van der Waals surface area contributed by atoms with Crippen LogP contribution in [0.25, 0.3) is 0 Å². The molecule has 6 nitrogen and oxygen atoms in total. The van der Waals surface area contributed by atoms with E-state index >= 15 is 0 Å². The van der Waals surface area contributed by atoms with Gasteiger partial charge >= 0.3 is 6.18 Å². The molecule has 0 bridgehead atoms. The molecule has 158 valence electrons. The second kappa shape index (κ2) is 7.88. The first-order valence-corrected chi connectivity index (χ1v) is 9.66. The summed E-state index contributed by atoms with van der Waals surface area (Å²) < 4.78 is 47.2. The van der Waals surface area contributed by atoms with Gasteiger partial charge in [0.25, 0.3) is 5.91 Å².